The van der Waals surface area contributed by atoms with Crippen LogP contribution in [0.5, 0.6) is 5.75 Å². The van der Waals surface area contributed by atoms with Crippen LogP contribution in [0.3, 0.4) is 0 Å². The molecule has 1 fully saturated rings. The molecule has 7 heteroatoms. The molecule has 2 aromatic rings. The van der Waals surface area contributed by atoms with Crippen LogP contribution in [-0.2, 0) is 9.59 Å². The van der Waals surface area contributed by atoms with E-state index in [1.54, 1.807) is 55.6 Å². The molecule has 5 nitrogen and oxygen atoms in total. The molecule has 1 N–H and O–H groups in total. The molecule has 126 valence electrons. The fraction of sp³-hybridized carbons (Fsp3) is 0.0556. The molecular weight excluding hydrogens is 360 g/mol. The second-order valence-electron chi connectivity index (χ2n) is 5.21. The Kier molecular flexibility index (Phi) is 4.83. The van der Waals surface area contributed by atoms with Crippen LogP contribution >= 0.6 is 23.8 Å². The number of rotatable bonds is 3. The lowest BCUT2D eigenvalue weighted by molar-refractivity contribution is -0.122. The van der Waals surface area contributed by atoms with Crippen molar-refractivity contribution in [3.05, 3.63) is 64.7 Å². The predicted molar refractivity (Wildman–Crippen MR) is 101 cm³/mol. The molecule has 0 radical (unpaired) electrons. The number of nitrogens with one attached hydrogen (secondary N) is 1. The smallest absolute Gasteiger partial charge is 0.270 e. The number of thiocarbonyl (C=S) groups is 1. The van der Waals surface area contributed by atoms with E-state index in [1.807, 2.05) is 0 Å². The van der Waals surface area contributed by atoms with E-state index >= 15 is 0 Å². The van der Waals surface area contributed by atoms with Gasteiger partial charge in [-0.15, -0.1) is 0 Å². The Morgan fingerprint density at radius 1 is 1.16 bits per heavy atom. The van der Waals surface area contributed by atoms with E-state index in [9.17, 15) is 9.59 Å². The summed E-state index contributed by atoms with van der Waals surface area (Å²) in [5.41, 5.74) is 1.17. The Morgan fingerprint density at radius 3 is 2.52 bits per heavy atom. The number of hydrogen-bond acceptors (Lipinski definition) is 4. The number of hydrogen-bond donors (Lipinski definition) is 1. The fourth-order valence-corrected chi connectivity index (χ4v) is 2.84. The van der Waals surface area contributed by atoms with Crippen LogP contribution in [0, 0.1) is 0 Å². The Balaban J connectivity index is 1.98. The SMILES string of the molecule is COc1ccc(C=C2C(=O)NC(=S)N(c3cccc(Cl)c3)C2=O)cc1. The van der Waals surface area contributed by atoms with Crippen molar-refractivity contribution in [1.29, 1.82) is 0 Å². The molecule has 0 saturated carbocycles. The molecule has 3 rings (SSSR count). The van der Waals surface area contributed by atoms with E-state index in [4.69, 9.17) is 28.6 Å². The molecule has 0 aromatic heterocycles. The third kappa shape index (κ3) is 3.55. The first kappa shape index (κ1) is 17.1. The van der Waals surface area contributed by atoms with Crippen molar-refractivity contribution >= 4 is 52.5 Å². The van der Waals surface area contributed by atoms with Gasteiger partial charge in [0, 0.05) is 5.02 Å². The van der Waals surface area contributed by atoms with Gasteiger partial charge in [0.2, 0.25) is 0 Å². The normalized spacial score (nSPS) is 16.2. The summed E-state index contributed by atoms with van der Waals surface area (Å²) >= 11 is 11.1. The second kappa shape index (κ2) is 7.04. The first-order valence-electron chi connectivity index (χ1n) is 7.30. The molecule has 0 aliphatic carbocycles. The highest BCUT2D eigenvalue weighted by Gasteiger charge is 2.34. The van der Waals surface area contributed by atoms with Gasteiger partial charge in [-0.2, -0.15) is 0 Å². The van der Waals surface area contributed by atoms with E-state index < -0.39 is 11.8 Å². The second-order valence-corrected chi connectivity index (χ2v) is 6.03. The Hall–Kier alpha value is -2.70. The summed E-state index contributed by atoms with van der Waals surface area (Å²) in [7, 11) is 1.56. The van der Waals surface area contributed by atoms with Gasteiger partial charge in [-0.3, -0.25) is 19.8 Å². The van der Waals surface area contributed by atoms with Crippen LogP contribution < -0.4 is 15.0 Å². The van der Waals surface area contributed by atoms with E-state index in [0.29, 0.717) is 22.0 Å². The molecule has 0 spiro atoms. The van der Waals surface area contributed by atoms with Crippen molar-refractivity contribution in [2.75, 3.05) is 12.0 Å². The zero-order valence-corrected chi connectivity index (χ0v) is 14.7. The third-order valence-electron chi connectivity index (χ3n) is 3.59. The minimum absolute atomic E-state index is 0.0151. The maximum Gasteiger partial charge on any atom is 0.270 e. The molecule has 2 aromatic carbocycles. The van der Waals surface area contributed by atoms with Crippen LogP contribution in [0.15, 0.2) is 54.1 Å². The number of carbonyl (C=O) groups is 2. The van der Waals surface area contributed by atoms with Crippen LogP contribution in [0.25, 0.3) is 6.08 Å². The standard InChI is InChI=1S/C18H13ClN2O3S/c1-24-14-7-5-11(6-8-14)9-15-16(22)20-18(25)21(17(15)23)13-4-2-3-12(19)10-13/h2-10H,1H3,(H,20,22,25). The Bertz CT molecular complexity index is 893. The summed E-state index contributed by atoms with van der Waals surface area (Å²) in [6.07, 6.45) is 1.51. The molecule has 2 amide bonds. The van der Waals surface area contributed by atoms with Gasteiger partial charge < -0.3 is 4.74 Å². The number of amides is 2. The number of nitrogens with zero attached hydrogens (tertiary/aromatic N) is 1. The molecule has 1 heterocycles. The summed E-state index contributed by atoms with van der Waals surface area (Å²) < 4.78 is 5.10. The molecule has 1 aliphatic heterocycles. The lowest BCUT2D eigenvalue weighted by Gasteiger charge is -2.29. The number of halogens is 1. The van der Waals surface area contributed by atoms with Crippen molar-refractivity contribution in [2.45, 2.75) is 0 Å². The quantitative estimate of drug-likeness (QED) is 0.510. The third-order valence-corrected chi connectivity index (χ3v) is 4.11. The zero-order chi connectivity index (χ0) is 18.0. The highest BCUT2D eigenvalue weighted by atomic mass is 35.5. The lowest BCUT2D eigenvalue weighted by atomic mass is 10.1. The average molecular weight is 373 g/mol. The summed E-state index contributed by atoms with van der Waals surface area (Å²) in [6, 6.07) is 13.7. The van der Waals surface area contributed by atoms with Gasteiger partial charge in [0.1, 0.15) is 11.3 Å². The summed E-state index contributed by atoms with van der Waals surface area (Å²) in [6.45, 7) is 0. The van der Waals surface area contributed by atoms with Crippen molar-refractivity contribution < 1.29 is 14.3 Å². The van der Waals surface area contributed by atoms with E-state index in [2.05, 4.69) is 5.32 Å². The Morgan fingerprint density at radius 2 is 1.88 bits per heavy atom. The van der Waals surface area contributed by atoms with Gasteiger partial charge >= 0.3 is 0 Å². The van der Waals surface area contributed by atoms with Crippen LogP contribution in [0.1, 0.15) is 5.56 Å². The maximum absolute atomic E-state index is 12.8. The van der Waals surface area contributed by atoms with Gasteiger partial charge in [-0.05, 0) is 54.2 Å². The minimum Gasteiger partial charge on any atom is -0.497 e. The lowest BCUT2D eigenvalue weighted by Crippen LogP contribution is -2.54. The molecule has 0 atom stereocenters. The molecule has 1 saturated heterocycles. The topological polar surface area (TPSA) is 58.6 Å². The van der Waals surface area contributed by atoms with E-state index in [-0.39, 0.29) is 10.7 Å². The van der Waals surface area contributed by atoms with Gasteiger partial charge in [0.15, 0.2) is 5.11 Å². The van der Waals surface area contributed by atoms with Crippen molar-refractivity contribution in [3.8, 4) is 5.75 Å². The number of ether oxygens (including phenoxy) is 1. The summed E-state index contributed by atoms with van der Waals surface area (Å²) in [5, 5.41) is 3.01. The maximum atomic E-state index is 12.8. The van der Waals surface area contributed by atoms with Gasteiger partial charge in [-0.1, -0.05) is 29.8 Å². The van der Waals surface area contributed by atoms with Crippen LogP contribution in [-0.4, -0.2) is 24.0 Å². The molecule has 0 bridgehead atoms. The Labute approximate surface area is 154 Å². The summed E-state index contributed by atoms with van der Waals surface area (Å²) in [5.74, 6) is -0.362. The van der Waals surface area contributed by atoms with Crippen molar-refractivity contribution in [1.82, 2.24) is 5.32 Å². The van der Waals surface area contributed by atoms with Crippen molar-refractivity contribution in [2.24, 2.45) is 0 Å². The molecule has 0 unspecified atom stereocenters. The molecular formula is C18H13ClN2O3S. The summed E-state index contributed by atoms with van der Waals surface area (Å²) in [4.78, 5) is 26.3. The van der Waals surface area contributed by atoms with Crippen LogP contribution in [0.4, 0.5) is 5.69 Å². The first-order valence-corrected chi connectivity index (χ1v) is 8.09. The van der Waals surface area contributed by atoms with E-state index in [0.717, 1.165) is 0 Å². The van der Waals surface area contributed by atoms with Crippen molar-refractivity contribution in [3.63, 3.8) is 0 Å². The minimum atomic E-state index is -0.538. The monoisotopic (exact) mass is 372 g/mol. The number of benzene rings is 2. The number of carbonyl (C=O) groups excluding carboxylic acids is 2. The number of anilines is 1. The van der Waals surface area contributed by atoms with Gasteiger partial charge in [-0.25, -0.2) is 0 Å². The molecule has 25 heavy (non-hydrogen) atoms. The van der Waals surface area contributed by atoms with Gasteiger partial charge in [0.05, 0.1) is 12.8 Å². The predicted octanol–water partition coefficient (Wildman–Crippen LogP) is 3.18. The largest absolute Gasteiger partial charge is 0.497 e. The van der Waals surface area contributed by atoms with E-state index in [1.165, 1.54) is 11.0 Å². The zero-order valence-electron chi connectivity index (χ0n) is 13.2. The highest BCUT2D eigenvalue weighted by molar-refractivity contribution is 7.80. The fourth-order valence-electron chi connectivity index (χ4n) is 2.37. The van der Waals surface area contributed by atoms with Gasteiger partial charge in [0.25, 0.3) is 11.8 Å². The average Bonchev–Trinajstić information content (AvgIpc) is 2.59. The first-order chi connectivity index (χ1) is 12.0. The highest BCUT2D eigenvalue weighted by Crippen LogP contribution is 2.25. The molecule has 1 aliphatic rings. The number of methoxy groups -OCH3 is 1. The van der Waals surface area contributed by atoms with Crippen LogP contribution in [0.2, 0.25) is 5.02 Å².